The zero-order valence-corrected chi connectivity index (χ0v) is 24.0. The summed E-state index contributed by atoms with van der Waals surface area (Å²) >= 11 is 0. The number of aromatic nitrogens is 4. The number of hydrogen-bond acceptors (Lipinski definition) is 4. The molecule has 0 aliphatic rings. The summed E-state index contributed by atoms with van der Waals surface area (Å²) in [5, 5.41) is 4.58. The Morgan fingerprint density at radius 3 is 1.58 bits per heavy atom. The van der Waals surface area contributed by atoms with Crippen molar-refractivity contribution in [2.75, 3.05) is 0 Å². The Hall–Kier alpha value is -6.14. The van der Waals surface area contributed by atoms with Crippen LogP contribution in [0, 0.1) is 0 Å². The Kier molecular flexibility index (Phi) is 6.20. The fraction of sp³-hybridized carbons (Fsp3) is 0. The van der Waals surface area contributed by atoms with E-state index < -0.39 is 0 Å². The number of nitrogens with zero attached hydrogens (tertiary/aromatic N) is 4. The lowest BCUT2D eigenvalue weighted by Crippen LogP contribution is -2.00. The van der Waals surface area contributed by atoms with E-state index in [2.05, 4.69) is 77.4 Å². The van der Waals surface area contributed by atoms with Gasteiger partial charge in [-0.3, -0.25) is 4.70 Å². The van der Waals surface area contributed by atoms with Crippen LogP contribution in [0.5, 0.6) is 0 Å². The minimum atomic E-state index is 0. The van der Waals surface area contributed by atoms with Gasteiger partial charge in [0.15, 0.2) is 23.1 Å². The number of para-hydroxylation sites is 2. The monoisotopic (exact) mass is 584 g/mol. The highest BCUT2D eigenvalue weighted by molar-refractivity contribution is 6.21. The van der Waals surface area contributed by atoms with E-state index >= 15 is 0 Å². The molecule has 0 saturated heterocycles. The quantitative estimate of drug-likeness (QED) is 0.207. The van der Waals surface area contributed by atoms with Gasteiger partial charge in [-0.1, -0.05) is 103 Å². The molecule has 0 aliphatic carbocycles. The second-order valence-electron chi connectivity index (χ2n) is 10.9. The molecular formula is C39H25FN4O. The van der Waals surface area contributed by atoms with Gasteiger partial charge in [-0.2, -0.15) is 0 Å². The van der Waals surface area contributed by atoms with Gasteiger partial charge < -0.3 is 8.98 Å². The van der Waals surface area contributed by atoms with E-state index in [1.165, 1.54) is 5.39 Å². The molecule has 0 spiro atoms. The van der Waals surface area contributed by atoms with Gasteiger partial charge in [0.25, 0.3) is 0 Å². The number of rotatable bonds is 4. The number of fused-ring (bicyclic) bond motifs is 7. The first-order valence-corrected chi connectivity index (χ1v) is 14.6. The van der Waals surface area contributed by atoms with E-state index in [1.54, 1.807) is 0 Å². The summed E-state index contributed by atoms with van der Waals surface area (Å²) in [6, 6.07) is 49.7. The third-order valence-electron chi connectivity index (χ3n) is 8.26. The van der Waals surface area contributed by atoms with Crippen LogP contribution < -0.4 is 0 Å². The van der Waals surface area contributed by atoms with Gasteiger partial charge in [-0.05, 0) is 42.5 Å². The molecule has 9 rings (SSSR count). The summed E-state index contributed by atoms with van der Waals surface area (Å²) < 4.78 is 8.82. The zero-order valence-electron chi connectivity index (χ0n) is 24.0. The average molecular weight is 585 g/mol. The van der Waals surface area contributed by atoms with Crippen LogP contribution in [0.2, 0.25) is 0 Å². The minimum Gasteiger partial charge on any atom is -0.454 e. The lowest BCUT2D eigenvalue weighted by Gasteiger charge is -2.11. The van der Waals surface area contributed by atoms with Crippen LogP contribution in [0.3, 0.4) is 0 Å². The third-order valence-corrected chi connectivity index (χ3v) is 8.26. The van der Waals surface area contributed by atoms with Crippen molar-refractivity contribution in [2.45, 2.75) is 0 Å². The molecule has 0 unspecified atom stereocenters. The summed E-state index contributed by atoms with van der Waals surface area (Å²) in [5.41, 5.74) is 7.82. The van der Waals surface area contributed by atoms with E-state index in [0.717, 1.165) is 60.7 Å². The lowest BCUT2D eigenvalue weighted by atomic mass is 10.1. The molecule has 9 aromatic rings. The molecule has 0 radical (unpaired) electrons. The second-order valence-corrected chi connectivity index (χ2v) is 10.9. The summed E-state index contributed by atoms with van der Waals surface area (Å²) in [7, 11) is 0. The van der Waals surface area contributed by atoms with Crippen molar-refractivity contribution >= 4 is 43.7 Å². The molecule has 45 heavy (non-hydrogen) atoms. The summed E-state index contributed by atoms with van der Waals surface area (Å²) in [4.78, 5) is 14.7. The Morgan fingerprint density at radius 2 is 0.933 bits per heavy atom. The third kappa shape index (κ3) is 4.26. The summed E-state index contributed by atoms with van der Waals surface area (Å²) in [6.45, 7) is 0. The predicted octanol–water partition coefficient (Wildman–Crippen LogP) is 10.0. The molecule has 0 fully saturated rings. The largest absolute Gasteiger partial charge is 0.454 e. The SMILES string of the molecule is F.c1ccc(-c2nc(-c3ccccc3)nc(-c3ccc(-n4c5ccccc5c5ccc6c7ccccc7oc6c54)cc3)n2)cc1. The highest BCUT2D eigenvalue weighted by Gasteiger charge is 2.19. The van der Waals surface area contributed by atoms with Crippen LogP contribution in [0.25, 0.3) is 83.6 Å². The molecule has 0 atom stereocenters. The molecule has 0 aliphatic heterocycles. The Bertz CT molecular complexity index is 2430. The topological polar surface area (TPSA) is 56.7 Å². The Labute approximate surface area is 257 Å². The maximum atomic E-state index is 6.51. The van der Waals surface area contributed by atoms with E-state index in [1.807, 2.05) is 72.8 Å². The first kappa shape index (κ1) is 26.5. The molecule has 5 nitrogen and oxygen atoms in total. The van der Waals surface area contributed by atoms with Crippen molar-refractivity contribution < 1.29 is 9.12 Å². The first-order valence-electron chi connectivity index (χ1n) is 14.6. The van der Waals surface area contributed by atoms with Crippen molar-refractivity contribution in [3.8, 4) is 39.9 Å². The summed E-state index contributed by atoms with van der Waals surface area (Å²) in [6.07, 6.45) is 0. The number of furan rings is 1. The molecule has 0 N–H and O–H groups in total. The molecule has 3 heterocycles. The van der Waals surface area contributed by atoms with Gasteiger partial charge in [-0.15, -0.1) is 0 Å². The average Bonchev–Trinajstić information content (AvgIpc) is 3.65. The van der Waals surface area contributed by atoms with E-state index in [-0.39, 0.29) is 4.70 Å². The molecule has 0 bridgehead atoms. The number of halogens is 1. The van der Waals surface area contributed by atoms with Gasteiger partial charge >= 0.3 is 0 Å². The smallest absolute Gasteiger partial charge is 0.164 e. The van der Waals surface area contributed by atoms with E-state index in [4.69, 9.17) is 19.4 Å². The number of hydrogen-bond donors (Lipinski definition) is 0. The van der Waals surface area contributed by atoms with Crippen molar-refractivity contribution in [3.05, 3.63) is 146 Å². The van der Waals surface area contributed by atoms with Gasteiger partial charge in [0.05, 0.1) is 11.0 Å². The highest BCUT2D eigenvalue weighted by Crippen LogP contribution is 2.40. The van der Waals surface area contributed by atoms with Gasteiger partial charge in [-0.25, -0.2) is 15.0 Å². The first-order chi connectivity index (χ1) is 21.8. The second kappa shape index (κ2) is 10.5. The van der Waals surface area contributed by atoms with Gasteiger partial charge in [0.1, 0.15) is 5.58 Å². The predicted molar refractivity (Wildman–Crippen MR) is 180 cm³/mol. The molecule has 6 heteroatoms. The van der Waals surface area contributed by atoms with Crippen LogP contribution in [0.1, 0.15) is 0 Å². The maximum Gasteiger partial charge on any atom is 0.164 e. The van der Waals surface area contributed by atoms with Crippen LogP contribution in [0.4, 0.5) is 4.70 Å². The van der Waals surface area contributed by atoms with Crippen molar-refractivity contribution in [1.82, 2.24) is 19.5 Å². The van der Waals surface area contributed by atoms with Crippen LogP contribution in [0.15, 0.2) is 150 Å². The van der Waals surface area contributed by atoms with Crippen molar-refractivity contribution in [2.24, 2.45) is 0 Å². The van der Waals surface area contributed by atoms with Gasteiger partial charge in [0, 0.05) is 43.9 Å². The van der Waals surface area contributed by atoms with Crippen molar-refractivity contribution in [1.29, 1.82) is 0 Å². The van der Waals surface area contributed by atoms with Crippen LogP contribution in [-0.2, 0) is 0 Å². The Balaban J connectivity index is 0.00000300. The van der Waals surface area contributed by atoms with E-state index in [0.29, 0.717) is 17.5 Å². The normalized spacial score (nSPS) is 11.4. The Morgan fingerprint density at radius 1 is 0.422 bits per heavy atom. The maximum absolute atomic E-state index is 6.51. The fourth-order valence-electron chi connectivity index (χ4n) is 6.20. The van der Waals surface area contributed by atoms with Crippen LogP contribution >= 0.6 is 0 Å². The molecule has 6 aromatic carbocycles. The van der Waals surface area contributed by atoms with Gasteiger partial charge in [0.2, 0.25) is 0 Å². The van der Waals surface area contributed by atoms with E-state index in [9.17, 15) is 0 Å². The fourth-order valence-corrected chi connectivity index (χ4v) is 6.20. The molecule has 0 amide bonds. The summed E-state index contributed by atoms with van der Waals surface area (Å²) in [5.74, 6) is 1.92. The zero-order chi connectivity index (χ0) is 29.0. The highest BCUT2D eigenvalue weighted by atomic mass is 19.0. The minimum absolute atomic E-state index is 0. The standard InChI is InChI=1S/C39H24N4O.FH/c1-3-11-25(12-4-1)37-40-38(26-13-5-2-6-14-26)42-39(41-37)27-19-21-28(22-20-27)43-33-17-9-7-15-29(33)31-23-24-32-30-16-8-10-18-34(30)44-36(32)35(31)43;/h1-24H;1H. The number of benzene rings is 6. The molecule has 214 valence electrons. The lowest BCUT2D eigenvalue weighted by molar-refractivity contribution is 0.671. The molecule has 0 saturated carbocycles. The molecule has 3 aromatic heterocycles. The van der Waals surface area contributed by atoms with Crippen LogP contribution in [-0.4, -0.2) is 19.5 Å². The van der Waals surface area contributed by atoms with Crippen molar-refractivity contribution in [3.63, 3.8) is 0 Å². The molecular weight excluding hydrogens is 559 g/mol.